The summed E-state index contributed by atoms with van der Waals surface area (Å²) in [6.07, 6.45) is 4.86. The molecule has 2 heterocycles. The van der Waals surface area contributed by atoms with Crippen molar-refractivity contribution in [1.29, 1.82) is 0 Å². The number of nitrogens with zero attached hydrogens (tertiary/aromatic N) is 4. The number of carbonyl (C=O) groups excluding carboxylic acids is 1. The topological polar surface area (TPSA) is 87.4 Å². The Morgan fingerprint density at radius 2 is 2.25 bits per heavy atom. The predicted octanol–water partition coefficient (Wildman–Crippen LogP) is 0.319. The quantitative estimate of drug-likeness (QED) is 0.611. The molecule has 0 aliphatic carbocycles. The van der Waals surface area contributed by atoms with Gasteiger partial charge in [0.15, 0.2) is 5.82 Å². The van der Waals surface area contributed by atoms with Gasteiger partial charge in [0.1, 0.15) is 5.69 Å². The Kier molecular flexibility index (Phi) is 4.86. The number of hydrazine groups is 1. The normalized spacial score (nSPS) is 20.6. The fourth-order valence-corrected chi connectivity index (χ4v) is 2.52. The first-order chi connectivity index (χ1) is 9.65. The Morgan fingerprint density at radius 3 is 2.85 bits per heavy atom. The zero-order valence-corrected chi connectivity index (χ0v) is 12.0. The van der Waals surface area contributed by atoms with Gasteiger partial charge in [0.25, 0.3) is 5.91 Å². The van der Waals surface area contributed by atoms with Crippen LogP contribution in [0.5, 0.6) is 0 Å². The molecule has 20 heavy (non-hydrogen) atoms. The SMILES string of the molecule is CCC1CN(C)CCCN1C(=O)c1cnc(NN)cn1. The van der Waals surface area contributed by atoms with Gasteiger partial charge in [-0.1, -0.05) is 6.92 Å². The van der Waals surface area contributed by atoms with E-state index in [0.29, 0.717) is 11.5 Å². The summed E-state index contributed by atoms with van der Waals surface area (Å²) in [5.41, 5.74) is 2.77. The first-order valence-corrected chi connectivity index (χ1v) is 6.94. The van der Waals surface area contributed by atoms with Crippen LogP contribution in [0.15, 0.2) is 12.4 Å². The van der Waals surface area contributed by atoms with Gasteiger partial charge in [0.05, 0.1) is 12.4 Å². The van der Waals surface area contributed by atoms with Crippen molar-refractivity contribution in [3.63, 3.8) is 0 Å². The highest BCUT2D eigenvalue weighted by Gasteiger charge is 2.27. The van der Waals surface area contributed by atoms with Crippen molar-refractivity contribution in [1.82, 2.24) is 19.8 Å². The van der Waals surface area contributed by atoms with Crippen LogP contribution in [0.3, 0.4) is 0 Å². The van der Waals surface area contributed by atoms with Gasteiger partial charge in [0, 0.05) is 19.1 Å². The molecule has 0 spiro atoms. The van der Waals surface area contributed by atoms with Crippen molar-refractivity contribution in [2.75, 3.05) is 32.1 Å². The number of likely N-dealkylation sites (N-methyl/N-ethyl adjacent to an activating group) is 1. The van der Waals surface area contributed by atoms with E-state index in [-0.39, 0.29) is 11.9 Å². The van der Waals surface area contributed by atoms with Crippen molar-refractivity contribution < 1.29 is 4.79 Å². The number of rotatable bonds is 3. The van der Waals surface area contributed by atoms with Crippen molar-refractivity contribution in [3.05, 3.63) is 18.1 Å². The lowest BCUT2D eigenvalue weighted by molar-refractivity contribution is 0.0669. The summed E-state index contributed by atoms with van der Waals surface area (Å²) >= 11 is 0. The summed E-state index contributed by atoms with van der Waals surface area (Å²) in [5.74, 6) is 5.64. The van der Waals surface area contributed by atoms with E-state index in [9.17, 15) is 4.79 Å². The maximum absolute atomic E-state index is 12.6. The Morgan fingerprint density at radius 1 is 1.45 bits per heavy atom. The molecule has 0 aromatic carbocycles. The van der Waals surface area contributed by atoms with E-state index < -0.39 is 0 Å². The van der Waals surface area contributed by atoms with Crippen LogP contribution < -0.4 is 11.3 Å². The van der Waals surface area contributed by atoms with Crippen LogP contribution in [0.1, 0.15) is 30.3 Å². The maximum Gasteiger partial charge on any atom is 0.274 e. The molecule has 1 aliphatic rings. The third kappa shape index (κ3) is 3.23. The van der Waals surface area contributed by atoms with Crippen molar-refractivity contribution in [2.45, 2.75) is 25.8 Å². The van der Waals surface area contributed by atoms with Gasteiger partial charge in [-0.15, -0.1) is 0 Å². The number of aromatic nitrogens is 2. The van der Waals surface area contributed by atoms with Crippen LogP contribution in [-0.2, 0) is 0 Å². The van der Waals surface area contributed by atoms with Crippen LogP contribution in [0.2, 0.25) is 0 Å². The predicted molar refractivity (Wildman–Crippen MR) is 77.1 cm³/mol. The molecule has 1 amide bonds. The average molecular weight is 278 g/mol. The average Bonchev–Trinajstić information content (AvgIpc) is 2.67. The highest BCUT2D eigenvalue weighted by molar-refractivity contribution is 5.92. The van der Waals surface area contributed by atoms with Gasteiger partial charge in [-0.2, -0.15) is 0 Å². The summed E-state index contributed by atoms with van der Waals surface area (Å²) in [4.78, 5) is 25.0. The lowest BCUT2D eigenvalue weighted by Gasteiger charge is -2.29. The van der Waals surface area contributed by atoms with Gasteiger partial charge in [0.2, 0.25) is 0 Å². The number of anilines is 1. The fraction of sp³-hybridized carbons (Fsp3) is 0.615. The zero-order chi connectivity index (χ0) is 14.5. The number of amides is 1. The second-order valence-electron chi connectivity index (χ2n) is 5.11. The van der Waals surface area contributed by atoms with Gasteiger partial charge >= 0.3 is 0 Å². The molecule has 3 N–H and O–H groups in total. The van der Waals surface area contributed by atoms with Crippen molar-refractivity contribution in [3.8, 4) is 0 Å². The van der Waals surface area contributed by atoms with E-state index in [4.69, 9.17) is 5.84 Å². The molecule has 1 saturated heterocycles. The molecule has 1 fully saturated rings. The van der Waals surface area contributed by atoms with E-state index in [1.807, 2.05) is 4.90 Å². The van der Waals surface area contributed by atoms with Crippen LogP contribution in [0.4, 0.5) is 5.82 Å². The van der Waals surface area contributed by atoms with Gasteiger partial charge in [-0.05, 0) is 26.4 Å². The minimum absolute atomic E-state index is 0.0526. The molecule has 0 saturated carbocycles. The smallest absolute Gasteiger partial charge is 0.274 e. The lowest BCUT2D eigenvalue weighted by Crippen LogP contribution is -2.43. The summed E-state index contributed by atoms with van der Waals surface area (Å²) < 4.78 is 0. The molecule has 0 radical (unpaired) electrons. The molecule has 1 aromatic rings. The van der Waals surface area contributed by atoms with Crippen LogP contribution in [-0.4, -0.2) is 58.4 Å². The monoisotopic (exact) mass is 278 g/mol. The Labute approximate surface area is 119 Å². The maximum atomic E-state index is 12.6. The zero-order valence-electron chi connectivity index (χ0n) is 12.0. The van der Waals surface area contributed by atoms with E-state index >= 15 is 0 Å². The molecule has 7 nitrogen and oxygen atoms in total. The van der Waals surface area contributed by atoms with E-state index in [1.54, 1.807) is 0 Å². The van der Waals surface area contributed by atoms with Gasteiger partial charge in [-0.25, -0.2) is 15.8 Å². The molecule has 1 aromatic heterocycles. The summed E-state index contributed by atoms with van der Waals surface area (Å²) in [6.45, 7) is 4.79. The molecule has 1 atom stereocenters. The first-order valence-electron chi connectivity index (χ1n) is 6.94. The number of nitrogens with two attached hydrogens (primary N) is 1. The minimum Gasteiger partial charge on any atom is -0.333 e. The first kappa shape index (κ1) is 14.7. The molecular weight excluding hydrogens is 256 g/mol. The number of nitrogen functional groups attached to an aromatic ring is 1. The van der Waals surface area contributed by atoms with Gasteiger partial charge < -0.3 is 15.2 Å². The Balaban J connectivity index is 2.16. The Hall–Kier alpha value is -1.73. The van der Waals surface area contributed by atoms with Crippen molar-refractivity contribution >= 4 is 11.7 Å². The number of hydrogen-bond acceptors (Lipinski definition) is 6. The summed E-state index contributed by atoms with van der Waals surface area (Å²) in [7, 11) is 2.10. The van der Waals surface area contributed by atoms with Gasteiger partial charge in [-0.3, -0.25) is 4.79 Å². The number of carbonyl (C=O) groups is 1. The van der Waals surface area contributed by atoms with Crippen molar-refractivity contribution in [2.24, 2.45) is 5.84 Å². The van der Waals surface area contributed by atoms with E-state index in [0.717, 1.165) is 32.5 Å². The highest BCUT2D eigenvalue weighted by Crippen LogP contribution is 2.15. The number of hydrogen-bond donors (Lipinski definition) is 2. The third-order valence-corrected chi connectivity index (χ3v) is 3.65. The molecule has 1 aliphatic heterocycles. The molecule has 2 rings (SSSR count). The molecule has 1 unspecified atom stereocenters. The summed E-state index contributed by atoms with van der Waals surface area (Å²) in [5, 5.41) is 0. The van der Waals surface area contributed by atoms with Crippen LogP contribution >= 0.6 is 0 Å². The van der Waals surface area contributed by atoms with Crippen LogP contribution in [0, 0.1) is 0 Å². The summed E-state index contributed by atoms with van der Waals surface area (Å²) in [6, 6.07) is 0.226. The van der Waals surface area contributed by atoms with E-state index in [2.05, 4.69) is 34.3 Å². The van der Waals surface area contributed by atoms with E-state index in [1.165, 1.54) is 12.4 Å². The minimum atomic E-state index is -0.0526. The molecule has 0 bridgehead atoms. The lowest BCUT2D eigenvalue weighted by atomic mass is 10.1. The fourth-order valence-electron chi connectivity index (χ4n) is 2.52. The number of nitrogens with one attached hydrogen (secondary N) is 1. The second-order valence-corrected chi connectivity index (χ2v) is 5.11. The van der Waals surface area contributed by atoms with Crippen LogP contribution in [0.25, 0.3) is 0 Å². The second kappa shape index (κ2) is 6.62. The Bertz CT molecular complexity index is 449. The standard InChI is InChI=1S/C13H22N6O/c1-3-10-9-18(2)5-4-6-19(10)13(20)11-7-16-12(17-14)8-15-11/h7-8,10H,3-6,9,14H2,1-2H3,(H,16,17). The molecular formula is C13H22N6O. The highest BCUT2D eigenvalue weighted by atomic mass is 16.2. The third-order valence-electron chi connectivity index (χ3n) is 3.65. The molecule has 110 valence electrons. The largest absolute Gasteiger partial charge is 0.333 e. The molecule has 7 heteroatoms.